The van der Waals surface area contributed by atoms with Crippen molar-refractivity contribution in [1.82, 2.24) is 5.48 Å². The molecular weight excluding hydrogens is 427 g/mol. The van der Waals surface area contributed by atoms with Crippen LogP contribution in [0.2, 0.25) is 0 Å². The summed E-state index contributed by atoms with van der Waals surface area (Å²) in [5.74, 6) is -2.30. The van der Waals surface area contributed by atoms with E-state index in [0.29, 0.717) is 5.69 Å². The molecule has 0 spiro atoms. The maximum atomic E-state index is 13.9. The molecular formula is C21H23FN2O6S. The number of nitrogens with one attached hydrogen (secondary N) is 2. The fourth-order valence-corrected chi connectivity index (χ4v) is 3.03. The lowest BCUT2D eigenvalue weighted by molar-refractivity contribution is -0.124. The van der Waals surface area contributed by atoms with Crippen molar-refractivity contribution in [2.45, 2.75) is 24.0 Å². The maximum Gasteiger partial charge on any atom is 0.412 e. The molecule has 4 N–H and O–H groups in total. The Kier molecular flexibility index (Phi) is 9.32. The predicted molar refractivity (Wildman–Crippen MR) is 114 cm³/mol. The molecule has 31 heavy (non-hydrogen) atoms. The van der Waals surface area contributed by atoms with Crippen molar-refractivity contribution in [2.24, 2.45) is 0 Å². The number of phenolic OH excluding ortho intramolecular Hbond substituents is 1. The number of hydroxylamine groups is 1. The highest BCUT2D eigenvalue weighted by Gasteiger charge is 2.27. The Morgan fingerprint density at radius 3 is 2.52 bits per heavy atom. The smallest absolute Gasteiger partial charge is 0.412 e. The third-order valence-corrected chi connectivity index (χ3v) is 4.82. The topological polar surface area (TPSA) is 117 Å². The van der Waals surface area contributed by atoms with Crippen molar-refractivity contribution in [3.63, 3.8) is 0 Å². The second-order valence-corrected chi connectivity index (χ2v) is 7.03. The Labute approximate surface area is 183 Å². The van der Waals surface area contributed by atoms with E-state index in [4.69, 9.17) is 14.7 Å². The summed E-state index contributed by atoms with van der Waals surface area (Å²) in [6, 6.07) is 10.6. The van der Waals surface area contributed by atoms with Gasteiger partial charge < -0.3 is 14.6 Å². The van der Waals surface area contributed by atoms with Gasteiger partial charge in [0.15, 0.2) is 17.7 Å². The second-order valence-electron chi connectivity index (χ2n) is 6.15. The number of aromatic hydroxyl groups is 1. The van der Waals surface area contributed by atoms with Gasteiger partial charge in [-0.1, -0.05) is 6.07 Å². The number of carbonyl (C=O) groups is 2. The van der Waals surface area contributed by atoms with Gasteiger partial charge in [-0.25, -0.2) is 14.7 Å². The molecule has 10 heteroatoms. The fraction of sp³-hybridized carbons (Fsp3) is 0.238. The summed E-state index contributed by atoms with van der Waals surface area (Å²) >= 11 is 1.55. The summed E-state index contributed by atoms with van der Waals surface area (Å²) in [7, 11) is 0. The normalized spacial score (nSPS) is 12.9. The van der Waals surface area contributed by atoms with Crippen LogP contribution in [-0.4, -0.2) is 41.3 Å². The summed E-state index contributed by atoms with van der Waals surface area (Å²) < 4.78 is 25.0. The molecule has 0 saturated heterocycles. The van der Waals surface area contributed by atoms with Crippen LogP contribution < -0.4 is 10.8 Å². The zero-order chi connectivity index (χ0) is 22.8. The van der Waals surface area contributed by atoms with Crippen LogP contribution in [0.4, 0.5) is 14.9 Å². The third kappa shape index (κ3) is 7.28. The van der Waals surface area contributed by atoms with Gasteiger partial charge >= 0.3 is 6.09 Å². The summed E-state index contributed by atoms with van der Waals surface area (Å²) in [6.07, 6.45) is 1.20. The summed E-state index contributed by atoms with van der Waals surface area (Å²) in [5, 5.41) is 20.7. The van der Waals surface area contributed by atoms with E-state index in [0.717, 1.165) is 23.1 Å². The molecule has 0 unspecified atom stereocenters. The molecule has 0 aliphatic carbocycles. The van der Waals surface area contributed by atoms with E-state index < -0.39 is 35.8 Å². The first-order chi connectivity index (χ1) is 14.9. The average molecular weight is 450 g/mol. The van der Waals surface area contributed by atoms with Gasteiger partial charge in [-0.15, -0.1) is 11.8 Å². The Balaban J connectivity index is 2.30. The second kappa shape index (κ2) is 11.9. The van der Waals surface area contributed by atoms with E-state index in [9.17, 15) is 19.1 Å². The number of halogens is 1. The number of ether oxygens (including phenoxy) is 2. The molecule has 166 valence electrons. The number of hydrogen-bond donors (Lipinski definition) is 4. The standard InChI is InChI=1S/C21H23FN2O6S/c1-3-29-18(10-11-19(26)24-28)20(13-4-9-17(25)16(22)12-13)30-21(27)23-14-5-7-15(31-2)8-6-14/h4-12,18,20,25,28H,3H2,1-2H3,(H,23,27)(H,24,26)/b11-10+/t18-,20-/m1/s1. The van der Waals surface area contributed by atoms with Crippen molar-refractivity contribution < 1.29 is 33.8 Å². The molecule has 0 bridgehead atoms. The molecule has 2 amide bonds. The van der Waals surface area contributed by atoms with E-state index >= 15 is 0 Å². The van der Waals surface area contributed by atoms with Gasteiger partial charge in [0.1, 0.15) is 6.10 Å². The monoisotopic (exact) mass is 450 g/mol. The molecule has 2 aromatic carbocycles. The van der Waals surface area contributed by atoms with E-state index in [1.165, 1.54) is 17.6 Å². The minimum Gasteiger partial charge on any atom is -0.505 e. The highest BCUT2D eigenvalue weighted by Crippen LogP contribution is 2.29. The molecule has 0 aliphatic heterocycles. The zero-order valence-electron chi connectivity index (χ0n) is 16.9. The maximum absolute atomic E-state index is 13.9. The van der Waals surface area contributed by atoms with Crippen molar-refractivity contribution in [3.05, 3.63) is 66.0 Å². The van der Waals surface area contributed by atoms with Crippen LogP contribution >= 0.6 is 11.8 Å². The number of benzene rings is 2. The van der Waals surface area contributed by atoms with Gasteiger partial charge in [0.2, 0.25) is 0 Å². The first-order valence-electron chi connectivity index (χ1n) is 9.21. The summed E-state index contributed by atoms with van der Waals surface area (Å²) in [4.78, 5) is 24.9. The molecule has 0 aliphatic rings. The Morgan fingerprint density at radius 1 is 1.23 bits per heavy atom. The van der Waals surface area contributed by atoms with Gasteiger partial charge in [0.05, 0.1) is 0 Å². The first kappa shape index (κ1) is 24.2. The SMILES string of the molecule is CCO[C@H](/C=C/C(=O)NO)[C@H](OC(=O)Nc1ccc(SC)cc1)c1ccc(O)c(F)c1. The molecule has 0 aromatic heterocycles. The van der Waals surface area contributed by atoms with Crippen LogP contribution in [0.15, 0.2) is 59.5 Å². The minimum atomic E-state index is -1.16. The van der Waals surface area contributed by atoms with Gasteiger partial charge in [-0.2, -0.15) is 0 Å². The number of rotatable bonds is 9. The van der Waals surface area contributed by atoms with E-state index in [-0.39, 0.29) is 12.2 Å². The van der Waals surface area contributed by atoms with Crippen LogP contribution in [-0.2, 0) is 14.3 Å². The number of anilines is 1. The Bertz CT molecular complexity index is 923. The lowest BCUT2D eigenvalue weighted by Crippen LogP contribution is -2.28. The number of carbonyl (C=O) groups excluding carboxylic acids is 2. The Morgan fingerprint density at radius 2 is 1.94 bits per heavy atom. The summed E-state index contributed by atoms with van der Waals surface area (Å²) in [5.41, 5.74) is 2.12. The third-order valence-electron chi connectivity index (χ3n) is 4.08. The lowest BCUT2D eigenvalue weighted by atomic mass is 10.0. The molecule has 8 nitrogen and oxygen atoms in total. The van der Waals surface area contributed by atoms with Crippen molar-refractivity contribution in [1.29, 1.82) is 0 Å². The van der Waals surface area contributed by atoms with Crippen LogP contribution in [0.3, 0.4) is 0 Å². The zero-order valence-corrected chi connectivity index (χ0v) is 17.7. The van der Waals surface area contributed by atoms with Crippen molar-refractivity contribution >= 4 is 29.4 Å². The van der Waals surface area contributed by atoms with Gasteiger partial charge in [-0.3, -0.25) is 15.3 Å². The van der Waals surface area contributed by atoms with E-state index in [1.54, 1.807) is 30.8 Å². The first-order valence-corrected chi connectivity index (χ1v) is 10.4. The molecule has 0 fully saturated rings. The van der Waals surface area contributed by atoms with E-state index in [1.807, 2.05) is 18.4 Å². The highest BCUT2D eigenvalue weighted by atomic mass is 32.2. The minimum absolute atomic E-state index is 0.188. The molecule has 0 heterocycles. The fourth-order valence-electron chi connectivity index (χ4n) is 2.62. The van der Waals surface area contributed by atoms with Gasteiger partial charge in [0.25, 0.3) is 5.91 Å². The van der Waals surface area contributed by atoms with E-state index in [2.05, 4.69) is 5.32 Å². The molecule has 0 radical (unpaired) electrons. The summed E-state index contributed by atoms with van der Waals surface area (Å²) in [6.45, 7) is 1.88. The average Bonchev–Trinajstić information content (AvgIpc) is 2.77. The van der Waals surface area contributed by atoms with Crippen LogP contribution in [0.1, 0.15) is 18.6 Å². The quantitative estimate of drug-likeness (QED) is 0.197. The van der Waals surface area contributed by atoms with Gasteiger partial charge in [0, 0.05) is 23.3 Å². The highest BCUT2D eigenvalue weighted by molar-refractivity contribution is 7.98. The van der Waals surface area contributed by atoms with Gasteiger partial charge in [-0.05, 0) is 61.2 Å². The van der Waals surface area contributed by atoms with Crippen molar-refractivity contribution in [3.8, 4) is 5.75 Å². The number of amides is 2. The molecule has 0 saturated carbocycles. The molecule has 2 atom stereocenters. The molecule has 2 aromatic rings. The lowest BCUT2D eigenvalue weighted by Gasteiger charge is -2.25. The number of phenols is 1. The van der Waals surface area contributed by atoms with Crippen molar-refractivity contribution in [2.75, 3.05) is 18.2 Å². The predicted octanol–water partition coefficient (Wildman–Crippen LogP) is 4.01. The van der Waals surface area contributed by atoms with Crippen LogP contribution in [0.5, 0.6) is 5.75 Å². The largest absolute Gasteiger partial charge is 0.505 e. The number of thioether (sulfide) groups is 1. The number of hydrogen-bond acceptors (Lipinski definition) is 7. The van der Waals surface area contributed by atoms with Crippen LogP contribution in [0.25, 0.3) is 0 Å². The molecule has 2 rings (SSSR count). The Hall–Kier alpha value is -3.08. The van der Waals surface area contributed by atoms with Crippen LogP contribution in [0, 0.1) is 5.82 Å².